The third-order valence-corrected chi connectivity index (χ3v) is 3.81. The molecule has 0 heterocycles. The lowest BCUT2D eigenvalue weighted by atomic mass is 10.2. The van der Waals surface area contributed by atoms with Crippen LogP contribution >= 0.6 is 0 Å². The van der Waals surface area contributed by atoms with E-state index in [1.54, 1.807) is 26.4 Å². The van der Waals surface area contributed by atoms with Gasteiger partial charge in [-0.05, 0) is 49.2 Å². The third-order valence-electron chi connectivity index (χ3n) is 3.81. The average Bonchev–Trinajstić information content (AvgIpc) is 2.65. The number of rotatable bonds is 8. The topological polar surface area (TPSA) is 56.8 Å². The second-order valence-corrected chi connectivity index (χ2v) is 5.93. The number of aryl methyl sites for hydroxylation is 1. The molecule has 0 aliphatic carbocycles. The molecule has 1 atom stereocenters. The number of carbonyl (C=O) groups is 1. The molecule has 0 unspecified atom stereocenters. The molecular formula is C21H25NO4. The van der Waals surface area contributed by atoms with Crippen LogP contribution in [-0.2, 0) is 4.79 Å². The van der Waals surface area contributed by atoms with E-state index >= 15 is 0 Å². The lowest BCUT2D eigenvalue weighted by Crippen LogP contribution is -2.35. The SMILES string of the molecule is COc1ccc(/C=C/C(=O)N[C@H](C)COc2ccccc2C)cc1OC. The molecule has 0 saturated heterocycles. The molecule has 2 aromatic carbocycles. The zero-order chi connectivity index (χ0) is 18.9. The first kappa shape index (κ1) is 19.4. The van der Waals surface area contributed by atoms with Crippen molar-refractivity contribution in [2.24, 2.45) is 0 Å². The average molecular weight is 355 g/mol. The molecule has 0 radical (unpaired) electrons. The molecule has 26 heavy (non-hydrogen) atoms. The van der Waals surface area contributed by atoms with Crippen LogP contribution in [0.1, 0.15) is 18.1 Å². The van der Waals surface area contributed by atoms with Crippen LogP contribution in [0.15, 0.2) is 48.5 Å². The van der Waals surface area contributed by atoms with Crippen LogP contribution in [0, 0.1) is 6.92 Å². The maximum absolute atomic E-state index is 12.1. The minimum atomic E-state index is -0.180. The van der Waals surface area contributed by atoms with Crippen LogP contribution in [0.25, 0.3) is 6.08 Å². The molecule has 5 nitrogen and oxygen atoms in total. The number of hydrogen-bond donors (Lipinski definition) is 1. The van der Waals surface area contributed by atoms with Gasteiger partial charge in [-0.1, -0.05) is 24.3 Å². The lowest BCUT2D eigenvalue weighted by Gasteiger charge is -2.15. The van der Waals surface area contributed by atoms with E-state index in [9.17, 15) is 4.79 Å². The summed E-state index contributed by atoms with van der Waals surface area (Å²) in [6.07, 6.45) is 3.22. The predicted molar refractivity (Wildman–Crippen MR) is 103 cm³/mol. The number of ether oxygens (including phenoxy) is 3. The molecule has 0 fully saturated rings. The maximum Gasteiger partial charge on any atom is 0.244 e. The number of para-hydroxylation sites is 1. The van der Waals surface area contributed by atoms with E-state index in [1.807, 2.05) is 50.2 Å². The van der Waals surface area contributed by atoms with Gasteiger partial charge in [0.2, 0.25) is 5.91 Å². The summed E-state index contributed by atoms with van der Waals surface area (Å²) < 4.78 is 16.2. The van der Waals surface area contributed by atoms with Gasteiger partial charge in [-0.25, -0.2) is 0 Å². The van der Waals surface area contributed by atoms with Gasteiger partial charge in [0.15, 0.2) is 11.5 Å². The van der Waals surface area contributed by atoms with Crippen molar-refractivity contribution in [2.45, 2.75) is 19.9 Å². The first-order valence-corrected chi connectivity index (χ1v) is 8.42. The molecule has 0 bridgehead atoms. The molecule has 1 N–H and O–H groups in total. The van der Waals surface area contributed by atoms with Crippen LogP contribution < -0.4 is 19.5 Å². The van der Waals surface area contributed by atoms with Crippen molar-refractivity contribution in [2.75, 3.05) is 20.8 Å². The molecule has 0 aliphatic rings. The maximum atomic E-state index is 12.1. The van der Waals surface area contributed by atoms with Crippen molar-refractivity contribution in [1.82, 2.24) is 5.32 Å². The Morgan fingerprint density at radius 1 is 1.08 bits per heavy atom. The molecule has 2 rings (SSSR count). The number of nitrogens with one attached hydrogen (secondary N) is 1. The Bertz CT molecular complexity index is 770. The van der Waals surface area contributed by atoms with Gasteiger partial charge in [-0.3, -0.25) is 4.79 Å². The molecule has 0 aromatic heterocycles. The summed E-state index contributed by atoms with van der Waals surface area (Å²) in [6.45, 7) is 4.30. The second kappa shape index (κ2) is 9.51. The van der Waals surface area contributed by atoms with Crippen LogP contribution in [0.5, 0.6) is 17.2 Å². The monoisotopic (exact) mass is 355 g/mol. The molecule has 0 spiro atoms. The van der Waals surface area contributed by atoms with E-state index < -0.39 is 0 Å². The van der Waals surface area contributed by atoms with E-state index in [4.69, 9.17) is 14.2 Å². The first-order chi connectivity index (χ1) is 12.5. The number of hydrogen-bond acceptors (Lipinski definition) is 4. The minimum absolute atomic E-state index is 0.114. The van der Waals surface area contributed by atoms with Crippen molar-refractivity contribution in [3.8, 4) is 17.2 Å². The number of methoxy groups -OCH3 is 2. The quantitative estimate of drug-likeness (QED) is 0.735. The molecule has 5 heteroatoms. The fourth-order valence-corrected chi connectivity index (χ4v) is 2.39. The van der Waals surface area contributed by atoms with E-state index in [0.29, 0.717) is 18.1 Å². The summed E-state index contributed by atoms with van der Waals surface area (Å²) in [6, 6.07) is 13.2. The zero-order valence-electron chi connectivity index (χ0n) is 15.6. The molecule has 1 amide bonds. The number of amides is 1. The Kier molecular flexibility index (Phi) is 7.09. The fraction of sp³-hybridized carbons (Fsp3) is 0.286. The lowest BCUT2D eigenvalue weighted by molar-refractivity contribution is -0.117. The van der Waals surface area contributed by atoms with Gasteiger partial charge >= 0.3 is 0 Å². The molecule has 0 saturated carbocycles. The highest BCUT2D eigenvalue weighted by molar-refractivity contribution is 5.92. The molecule has 0 aliphatic heterocycles. The van der Waals surface area contributed by atoms with Crippen molar-refractivity contribution in [1.29, 1.82) is 0 Å². The Hall–Kier alpha value is -2.95. The highest BCUT2D eigenvalue weighted by Crippen LogP contribution is 2.27. The summed E-state index contributed by atoms with van der Waals surface area (Å²) in [5.74, 6) is 1.92. The Labute approximate surface area is 154 Å². The van der Waals surface area contributed by atoms with Gasteiger partial charge in [0, 0.05) is 6.08 Å². The molecule has 138 valence electrons. The Morgan fingerprint density at radius 3 is 2.50 bits per heavy atom. The van der Waals surface area contributed by atoms with E-state index in [0.717, 1.165) is 16.9 Å². The Balaban J connectivity index is 1.87. The van der Waals surface area contributed by atoms with Crippen molar-refractivity contribution in [3.63, 3.8) is 0 Å². The van der Waals surface area contributed by atoms with Crippen LogP contribution in [0.4, 0.5) is 0 Å². The summed E-state index contributed by atoms with van der Waals surface area (Å²) in [7, 11) is 3.16. The van der Waals surface area contributed by atoms with E-state index in [-0.39, 0.29) is 11.9 Å². The first-order valence-electron chi connectivity index (χ1n) is 8.42. The molecule has 2 aromatic rings. The van der Waals surface area contributed by atoms with Crippen molar-refractivity contribution in [3.05, 3.63) is 59.7 Å². The number of carbonyl (C=O) groups excluding carboxylic acids is 1. The van der Waals surface area contributed by atoms with Crippen LogP contribution in [0.2, 0.25) is 0 Å². The Morgan fingerprint density at radius 2 is 1.81 bits per heavy atom. The third kappa shape index (κ3) is 5.55. The van der Waals surface area contributed by atoms with Gasteiger partial charge in [-0.2, -0.15) is 0 Å². The smallest absolute Gasteiger partial charge is 0.244 e. The highest BCUT2D eigenvalue weighted by Gasteiger charge is 2.07. The van der Waals surface area contributed by atoms with Gasteiger partial charge in [0.25, 0.3) is 0 Å². The summed E-state index contributed by atoms with van der Waals surface area (Å²) >= 11 is 0. The standard InChI is InChI=1S/C21H25NO4/c1-15-7-5-6-8-18(15)26-14-16(2)22-21(23)12-10-17-9-11-19(24-3)20(13-17)25-4/h5-13,16H,14H2,1-4H3,(H,22,23)/b12-10+/t16-/m1/s1. The zero-order valence-corrected chi connectivity index (χ0v) is 15.6. The largest absolute Gasteiger partial charge is 0.493 e. The summed E-state index contributed by atoms with van der Waals surface area (Å²) in [5.41, 5.74) is 1.92. The van der Waals surface area contributed by atoms with Crippen molar-refractivity contribution >= 4 is 12.0 Å². The van der Waals surface area contributed by atoms with Gasteiger partial charge in [0.1, 0.15) is 12.4 Å². The van der Waals surface area contributed by atoms with E-state index in [2.05, 4.69) is 5.32 Å². The van der Waals surface area contributed by atoms with Gasteiger partial charge in [-0.15, -0.1) is 0 Å². The summed E-state index contributed by atoms with van der Waals surface area (Å²) in [4.78, 5) is 12.1. The van der Waals surface area contributed by atoms with Gasteiger partial charge < -0.3 is 19.5 Å². The normalized spacial score (nSPS) is 11.8. The van der Waals surface area contributed by atoms with E-state index in [1.165, 1.54) is 6.08 Å². The van der Waals surface area contributed by atoms with Crippen molar-refractivity contribution < 1.29 is 19.0 Å². The minimum Gasteiger partial charge on any atom is -0.493 e. The second-order valence-electron chi connectivity index (χ2n) is 5.93. The molecular weight excluding hydrogens is 330 g/mol. The summed E-state index contributed by atoms with van der Waals surface area (Å²) in [5, 5.41) is 2.88. The fourth-order valence-electron chi connectivity index (χ4n) is 2.39. The number of benzene rings is 2. The predicted octanol–water partition coefficient (Wildman–Crippen LogP) is 3.61. The van der Waals surface area contributed by atoms with Gasteiger partial charge in [0.05, 0.1) is 20.3 Å². The van der Waals surface area contributed by atoms with Crippen LogP contribution in [0.3, 0.4) is 0 Å². The van der Waals surface area contributed by atoms with Crippen LogP contribution in [-0.4, -0.2) is 32.8 Å². The highest BCUT2D eigenvalue weighted by atomic mass is 16.5.